The van der Waals surface area contributed by atoms with E-state index in [1.165, 1.54) is 5.56 Å². The number of carbonyl (C=O) groups excluding carboxylic acids is 1. The van der Waals surface area contributed by atoms with Gasteiger partial charge in [-0.2, -0.15) is 0 Å². The molecule has 0 bridgehead atoms. The molecular weight excluding hydrogens is 164 g/mol. The van der Waals surface area contributed by atoms with Crippen molar-refractivity contribution in [2.24, 2.45) is 0 Å². The topological polar surface area (TPSA) is 26.3 Å². The lowest BCUT2D eigenvalue weighted by molar-refractivity contribution is -0.108. The van der Waals surface area contributed by atoms with Gasteiger partial charge in [0.25, 0.3) is 0 Å². The highest BCUT2D eigenvalue weighted by Crippen LogP contribution is 2.34. The van der Waals surface area contributed by atoms with Gasteiger partial charge in [0.1, 0.15) is 12.0 Å². The number of carbonyl (C=O) groups is 1. The van der Waals surface area contributed by atoms with Crippen LogP contribution in [0.5, 0.6) is 5.75 Å². The van der Waals surface area contributed by atoms with E-state index in [2.05, 4.69) is 0 Å². The van der Waals surface area contributed by atoms with Crippen LogP contribution in [0.4, 0.5) is 0 Å². The molecule has 0 N–H and O–H groups in total. The first kappa shape index (κ1) is 8.30. The standard InChI is InChI=1S/C11H12O2/c12-7-5-9-6-8-13-11-4-2-1-3-10(9)11/h1-4,7,9H,5-6,8H2/t9-/m0/s1. The maximum atomic E-state index is 10.4. The van der Waals surface area contributed by atoms with Crippen LogP contribution in [0, 0.1) is 0 Å². The SMILES string of the molecule is O=CC[C@H]1CCOc2ccccc21. The van der Waals surface area contributed by atoms with Crippen molar-refractivity contribution in [1.82, 2.24) is 0 Å². The summed E-state index contributed by atoms with van der Waals surface area (Å²) in [5.74, 6) is 1.31. The molecule has 1 aromatic carbocycles. The third kappa shape index (κ3) is 1.57. The van der Waals surface area contributed by atoms with Crippen molar-refractivity contribution in [1.29, 1.82) is 0 Å². The van der Waals surface area contributed by atoms with Gasteiger partial charge in [-0.3, -0.25) is 0 Å². The molecule has 0 saturated carbocycles. The molecule has 0 unspecified atom stereocenters. The zero-order valence-electron chi connectivity index (χ0n) is 7.40. The normalized spacial score (nSPS) is 20.2. The van der Waals surface area contributed by atoms with Crippen molar-refractivity contribution < 1.29 is 9.53 Å². The third-order valence-electron chi connectivity index (χ3n) is 2.46. The van der Waals surface area contributed by atoms with E-state index in [9.17, 15) is 4.79 Å². The minimum absolute atomic E-state index is 0.363. The average molecular weight is 176 g/mol. The Morgan fingerprint density at radius 3 is 3.15 bits per heavy atom. The molecule has 2 rings (SSSR count). The number of benzene rings is 1. The van der Waals surface area contributed by atoms with Crippen LogP contribution >= 0.6 is 0 Å². The van der Waals surface area contributed by atoms with Gasteiger partial charge in [-0.1, -0.05) is 18.2 Å². The van der Waals surface area contributed by atoms with Gasteiger partial charge < -0.3 is 9.53 Å². The summed E-state index contributed by atoms with van der Waals surface area (Å²) in [5.41, 5.74) is 1.18. The van der Waals surface area contributed by atoms with Gasteiger partial charge in [0.05, 0.1) is 6.61 Å². The molecular formula is C11H12O2. The van der Waals surface area contributed by atoms with Crippen LogP contribution in [0.25, 0.3) is 0 Å². The molecule has 68 valence electrons. The first-order valence-corrected chi connectivity index (χ1v) is 4.57. The Labute approximate surface area is 77.5 Å². The largest absolute Gasteiger partial charge is 0.493 e. The molecule has 0 aliphatic carbocycles. The summed E-state index contributed by atoms with van der Waals surface area (Å²) < 4.78 is 5.48. The summed E-state index contributed by atoms with van der Waals surface area (Å²) in [7, 11) is 0. The molecule has 0 amide bonds. The van der Waals surface area contributed by atoms with Crippen LogP contribution in [0.15, 0.2) is 24.3 Å². The van der Waals surface area contributed by atoms with Gasteiger partial charge in [-0.05, 0) is 24.0 Å². The maximum Gasteiger partial charge on any atom is 0.122 e. The molecule has 1 heterocycles. The molecule has 1 aliphatic rings. The summed E-state index contributed by atoms with van der Waals surface area (Å²) in [6.07, 6.45) is 2.56. The summed E-state index contributed by atoms with van der Waals surface area (Å²) in [5, 5.41) is 0. The highest BCUT2D eigenvalue weighted by Gasteiger charge is 2.19. The molecule has 1 aliphatic heterocycles. The quantitative estimate of drug-likeness (QED) is 0.645. The molecule has 0 saturated heterocycles. The van der Waals surface area contributed by atoms with Crippen LogP contribution in [0.1, 0.15) is 24.3 Å². The van der Waals surface area contributed by atoms with Gasteiger partial charge >= 0.3 is 0 Å². The molecule has 1 aromatic rings. The monoisotopic (exact) mass is 176 g/mol. The van der Waals surface area contributed by atoms with Crippen molar-refractivity contribution >= 4 is 6.29 Å². The number of rotatable bonds is 2. The lowest BCUT2D eigenvalue weighted by atomic mass is 9.91. The molecule has 0 aromatic heterocycles. The Bertz CT molecular complexity index is 307. The zero-order valence-corrected chi connectivity index (χ0v) is 7.40. The number of para-hydroxylation sites is 1. The number of aldehydes is 1. The summed E-state index contributed by atoms with van der Waals surface area (Å²) in [6.45, 7) is 0.732. The van der Waals surface area contributed by atoms with E-state index in [1.54, 1.807) is 0 Å². The van der Waals surface area contributed by atoms with E-state index >= 15 is 0 Å². The molecule has 0 radical (unpaired) electrons. The van der Waals surface area contributed by atoms with Gasteiger partial charge in [-0.25, -0.2) is 0 Å². The predicted molar refractivity (Wildman–Crippen MR) is 50.0 cm³/mol. The first-order chi connectivity index (χ1) is 6.42. The second kappa shape index (κ2) is 3.60. The van der Waals surface area contributed by atoms with Crippen LogP contribution in [0.3, 0.4) is 0 Å². The summed E-state index contributed by atoms with van der Waals surface area (Å²) in [4.78, 5) is 10.4. The predicted octanol–water partition coefficient (Wildman–Crippen LogP) is 2.14. The Kier molecular flexibility index (Phi) is 2.30. The minimum atomic E-state index is 0.363. The molecule has 0 spiro atoms. The van der Waals surface area contributed by atoms with E-state index in [0.29, 0.717) is 12.3 Å². The number of ether oxygens (including phenoxy) is 1. The zero-order chi connectivity index (χ0) is 9.10. The van der Waals surface area contributed by atoms with Crippen LogP contribution in [-0.2, 0) is 4.79 Å². The molecule has 1 atom stereocenters. The third-order valence-corrected chi connectivity index (χ3v) is 2.46. The van der Waals surface area contributed by atoms with E-state index in [1.807, 2.05) is 24.3 Å². The molecule has 2 heteroatoms. The second-order valence-electron chi connectivity index (χ2n) is 3.27. The second-order valence-corrected chi connectivity index (χ2v) is 3.27. The van der Waals surface area contributed by atoms with E-state index in [0.717, 1.165) is 25.1 Å². The van der Waals surface area contributed by atoms with Gasteiger partial charge in [0, 0.05) is 6.42 Å². The highest BCUT2D eigenvalue weighted by molar-refractivity contribution is 5.53. The Morgan fingerprint density at radius 1 is 1.46 bits per heavy atom. The minimum Gasteiger partial charge on any atom is -0.493 e. The summed E-state index contributed by atoms with van der Waals surface area (Å²) >= 11 is 0. The van der Waals surface area contributed by atoms with Crippen molar-refractivity contribution in [3.8, 4) is 5.75 Å². The number of fused-ring (bicyclic) bond motifs is 1. The van der Waals surface area contributed by atoms with E-state index in [-0.39, 0.29) is 0 Å². The maximum absolute atomic E-state index is 10.4. The van der Waals surface area contributed by atoms with Crippen LogP contribution < -0.4 is 4.74 Å². The van der Waals surface area contributed by atoms with Crippen molar-refractivity contribution in [3.63, 3.8) is 0 Å². The van der Waals surface area contributed by atoms with Gasteiger partial charge in [0.15, 0.2) is 0 Å². The van der Waals surface area contributed by atoms with Crippen molar-refractivity contribution in [2.75, 3.05) is 6.61 Å². The van der Waals surface area contributed by atoms with E-state index in [4.69, 9.17) is 4.74 Å². The van der Waals surface area contributed by atoms with Crippen molar-refractivity contribution in [3.05, 3.63) is 29.8 Å². The fraction of sp³-hybridized carbons (Fsp3) is 0.364. The van der Waals surface area contributed by atoms with Crippen LogP contribution in [0.2, 0.25) is 0 Å². The molecule has 2 nitrogen and oxygen atoms in total. The van der Waals surface area contributed by atoms with Crippen LogP contribution in [-0.4, -0.2) is 12.9 Å². The lowest BCUT2D eigenvalue weighted by Gasteiger charge is -2.24. The number of hydrogen-bond donors (Lipinski definition) is 0. The van der Waals surface area contributed by atoms with Gasteiger partial charge in [0.2, 0.25) is 0 Å². The highest BCUT2D eigenvalue weighted by atomic mass is 16.5. The van der Waals surface area contributed by atoms with Crippen molar-refractivity contribution in [2.45, 2.75) is 18.8 Å². The Morgan fingerprint density at radius 2 is 2.31 bits per heavy atom. The summed E-state index contributed by atoms with van der Waals surface area (Å²) in [6, 6.07) is 7.96. The fourth-order valence-electron chi connectivity index (χ4n) is 1.78. The molecule has 0 fully saturated rings. The fourth-order valence-corrected chi connectivity index (χ4v) is 1.78. The lowest BCUT2D eigenvalue weighted by Crippen LogP contribution is -2.14. The van der Waals surface area contributed by atoms with Gasteiger partial charge in [-0.15, -0.1) is 0 Å². The smallest absolute Gasteiger partial charge is 0.122 e. The van der Waals surface area contributed by atoms with E-state index < -0.39 is 0 Å². The first-order valence-electron chi connectivity index (χ1n) is 4.57. The average Bonchev–Trinajstić information content (AvgIpc) is 2.19. The molecule has 13 heavy (non-hydrogen) atoms. The Balaban J connectivity index is 2.31. The number of hydrogen-bond acceptors (Lipinski definition) is 2. The Hall–Kier alpha value is -1.31.